The summed E-state index contributed by atoms with van der Waals surface area (Å²) in [5.41, 5.74) is 1.82. The van der Waals surface area contributed by atoms with Gasteiger partial charge in [-0.1, -0.05) is 12.1 Å². The number of nitriles is 1. The van der Waals surface area contributed by atoms with E-state index in [1.165, 1.54) is 23.5 Å². The van der Waals surface area contributed by atoms with E-state index in [-0.39, 0.29) is 18.0 Å². The van der Waals surface area contributed by atoms with E-state index in [2.05, 4.69) is 9.72 Å². The van der Waals surface area contributed by atoms with Gasteiger partial charge in [0.15, 0.2) is 5.13 Å². The Bertz CT molecular complexity index is 1290. The number of carbonyl (C=O) groups excluding carboxylic acids is 1. The van der Waals surface area contributed by atoms with Gasteiger partial charge in [-0.3, -0.25) is 4.79 Å². The Morgan fingerprint density at radius 2 is 1.85 bits per heavy atom. The number of halogens is 2. The minimum Gasteiger partial charge on any atom is -0.435 e. The molecule has 0 radical (unpaired) electrons. The van der Waals surface area contributed by atoms with Crippen LogP contribution in [0.4, 0.5) is 19.6 Å². The molecule has 3 aromatic rings. The van der Waals surface area contributed by atoms with Crippen LogP contribution in [0.3, 0.4) is 0 Å². The van der Waals surface area contributed by atoms with Gasteiger partial charge in [0.2, 0.25) is 10.0 Å². The number of thiazole rings is 1. The molecule has 1 aromatic heterocycles. The van der Waals surface area contributed by atoms with E-state index in [4.69, 9.17) is 5.26 Å². The van der Waals surface area contributed by atoms with E-state index in [0.717, 1.165) is 11.8 Å². The topological polar surface area (TPSA) is 112 Å². The molecule has 3 rings (SSSR count). The average molecular weight is 493 g/mol. The molecule has 0 spiro atoms. The van der Waals surface area contributed by atoms with Crippen molar-refractivity contribution in [3.05, 3.63) is 70.2 Å². The highest BCUT2D eigenvalue weighted by Crippen LogP contribution is 2.33. The van der Waals surface area contributed by atoms with Crippen molar-refractivity contribution < 1.29 is 26.7 Å². The first-order valence-corrected chi connectivity index (χ1v) is 12.1. The summed E-state index contributed by atoms with van der Waals surface area (Å²) in [5.74, 6) is -0.825. The van der Waals surface area contributed by atoms with E-state index >= 15 is 0 Å². The Kier molecular flexibility index (Phi) is 7.25. The SMILES string of the molecule is Cc1sc(N(Cc2ccc(OC(F)F)cc2)c2ccc(C#N)cc2)nc1C(=O)NS(C)(=O)=O. The van der Waals surface area contributed by atoms with Gasteiger partial charge in [0.1, 0.15) is 11.4 Å². The van der Waals surface area contributed by atoms with Crippen molar-refractivity contribution >= 4 is 38.1 Å². The van der Waals surface area contributed by atoms with E-state index in [1.54, 1.807) is 48.2 Å². The zero-order chi connectivity index (χ0) is 24.2. The number of sulfonamides is 1. The van der Waals surface area contributed by atoms with Crippen molar-refractivity contribution in [1.82, 2.24) is 9.71 Å². The quantitative estimate of drug-likeness (QED) is 0.507. The van der Waals surface area contributed by atoms with Crippen molar-refractivity contribution in [2.24, 2.45) is 0 Å². The van der Waals surface area contributed by atoms with Gasteiger partial charge in [-0.05, 0) is 48.9 Å². The van der Waals surface area contributed by atoms with E-state index < -0.39 is 22.5 Å². The second-order valence-corrected chi connectivity index (χ2v) is 9.80. The average Bonchev–Trinajstić information content (AvgIpc) is 3.13. The standard InChI is InChI=1S/C21H18F2N4O4S2/c1-13-18(19(28)26-33(2,29)30)25-21(32-13)27(16-7-3-14(11-24)4-8-16)12-15-5-9-17(10-6-15)31-20(22)23/h3-10,20H,12H2,1-2H3,(H,26,28). The van der Waals surface area contributed by atoms with Crippen LogP contribution >= 0.6 is 11.3 Å². The number of alkyl halides is 2. The molecule has 1 heterocycles. The molecule has 0 atom stereocenters. The lowest BCUT2D eigenvalue weighted by Crippen LogP contribution is -2.30. The summed E-state index contributed by atoms with van der Waals surface area (Å²) in [7, 11) is -3.76. The predicted octanol–water partition coefficient (Wildman–Crippen LogP) is 3.95. The molecule has 0 aliphatic carbocycles. The van der Waals surface area contributed by atoms with Gasteiger partial charge < -0.3 is 9.64 Å². The van der Waals surface area contributed by atoms with Crippen molar-refractivity contribution in [3.8, 4) is 11.8 Å². The van der Waals surface area contributed by atoms with Crippen molar-refractivity contribution in [2.75, 3.05) is 11.2 Å². The molecule has 2 aromatic carbocycles. The number of ether oxygens (including phenoxy) is 1. The fourth-order valence-electron chi connectivity index (χ4n) is 2.87. The van der Waals surface area contributed by atoms with Gasteiger partial charge in [0, 0.05) is 10.6 Å². The zero-order valence-electron chi connectivity index (χ0n) is 17.5. The van der Waals surface area contributed by atoms with Crippen LogP contribution in [0, 0.1) is 18.3 Å². The zero-order valence-corrected chi connectivity index (χ0v) is 19.1. The summed E-state index contributed by atoms with van der Waals surface area (Å²) in [6.07, 6.45) is 0.873. The molecule has 0 saturated heterocycles. The van der Waals surface area contributed by atoms with Gasteiger partial charge in [-0.2, -0.15) is 14.0 Å². The number of hydrogen-bond acceptors (Lipinski definition) is 8. The Morgan fingerprint density at radius 3 is 2.39 bits per heavy atom. The highest BCUT2D eigenvalue weighted by molar-refractivity contribution is 7.89. The molecule has 0 unspecified atom stereocenters. The summed E-state index contributed by atoms with van der Waals surface area (Å²) < 4.78 is 54.0. The highest BCUT2D eigenvalue weighted by atomic mass is 32.2. The molecular weight excluding hydrogens is 474 g/mol. The second kappa shape index (κ2) is 9.93. The van der Waals surface area contributed by atoms with Crippen LogP contribution in [-0.4, -0.2) is 32.2 Å². The lowest BCUT2D eigenvalue weighted by atomic mass is 10.1. The number of nitrogens with one attached hydrogen (secondary N) is 1. The second-order valence-electron chi connectivity index (χ2n) is 6.87. The number of aromatic nitrogens is 1. The predicted molar refractivity (Wildman–Crippen MR) is 119 cm³/mol. The lowest BCUT2D eigenvalue weighted by Gasteiger charge is -2.22. The minimum atomic E-state index is -3.76. The van der Waals surface area contributed by atoms with Crippen molar-refractivity contribution in [2.45, 2.75) is 20.1 Å². The van der Waals surface area contributed by atoms with Gasteiger partial charge in [-0.15, -0.1) is 11.3 Å². The molecule has 0 saturated carbocycles. The van der Waals surface area contributed by atoms with E-state index in [9.17, 15) is 22.0 Å². The highest BCUT2D eigenvalue weighted by Gasteiger charge is 2.22. The normalized spacial score (nSPS) is 11.2. The number of benzene rings is 2. The molecule has 1 N–H and O–H groups in total. The number of anilines is 2. The largest absolute Gasteiger partial charge is 0.435 e. The van der Waals surface area contributed by atoms with Crippen LogP contribution in [0.5, 0.6) is 5.75 Å². The fourth-order valence-corrected chi connectivity index (χ4v) is 4.23. The van der Waals surface area contributed by atoms with Gasteiger partial charge in [-0.25, -0.2) is 18.1 Å². The molecule has 0 fully saturated rings. The third kappa shape index (κ3) is 6.47. The maximum absolute atomic E-state index is 12.4. The molecular formula is C21H18F2N4O4S2. The van der Waals surface area contributed by atoms with E-state index in [1.807, 2.05) is 10.8 Å². The van der Waals surface area contributed by atoms with Crippen LogP contribution in [0.2, 0.25) is 0 Å². The molecule has 1 amide bonds. The molecule has 0 bridgehead atoms. The Morgan fingerprint density at radius 1 is 1.21 bits per heavy atom. The van der Waals surface area contributed by atoms with Gasteiger partial charge >= 0.3 is 6.61 Å². The van der Waals surface area contributed by atoms with Crippen LogP contribution < -0.4 is 14.4 Å². The summed E-state index contributed by atoms with van der Waals surface area (Å²) in [6, 6.07) is 14.8. The number of nitrogens with zero attached hydrogens (tertiary/aromatic N) is 3. The maximum Gasteiger partial charge on any atom is 0.387 e. The third-order valence-electron chi connectivity index (χ3n) is 4.31. The first-order valence-electron chi connectivity index (χ1n) is 9.36. The number of rotatable bonds is 8. The smallest absolute Gasteiger partial charge is 0.387 e. The number of carbonyl (C=O) groups is 1. The molecule has 0 aliphatic heterocycles. The molecule has 0 aliphatic rings. The van der Waals surface area contributed by atoms with Crippen molar-refractivity contribution in [1.29, 1.82) is 5.26 Å². The molecule has 33 heavy (non-hydrogen) atoms. The fraction of sp³-hybridized carbons (Fsp3) is 0.190. The summed E-state index contributed by atoms with van der Waals surface area (Å²) in [5, 5.41) is 9.47. The number of amides is 1. The van der Waals surface area contributed by atoms with Gasteiger partial charge in [0.05, 0.1) is 24.4 Å². The summed E-state index contributed by atoms with van der Waals surface area (Å²) in [6.45, 7) is -1.03. The monoisotopic (exact) mass is 492 g/mol. The van der Waals surface area contributed by atoms with Crippen LogP contribution in [-0.2, 0) is 16.6 Å². The molecule has 8 nitrogen and oxygen atoms in total. The molecule has 172 valence electrons. The first kappa shape index (κ1) is 24.1. The Hall–Kier alpha value is -3.56. The minimum absolute atomic E-state index is 0.0171. The Balaban J connectivity index is 1.96. The van der Waals surface area contributed by atoms with Crippen LogP contribution in [0.15, 0.2) is 48.5 Å². The summed E-state index contributed by atoms with van der Waals surface area (Å²) in [4.78, 5) is 19.0. The van der Waals surface area contributed by atoms with E-state index in [0.29, 0.717) is 21.3 Å². The molecule has 12 heteroatoms. The number of aryl methyl sites for hydroxylation is 1. The van der Waals surface area contributed by atoms with Gasteiger partial charge in [0.25, 0.3) is 5.91 Å². The summed E-state index contributed by atoms with van der Waals surface area (Å²) >= 11 is 1.18. The van der Waals surface area contributed by atoms with Crippen LogP contribution in [0.1, 0.15) is 26.5 Å². The maximum atomic E-state index is 12.4. The first-order chi connectivity index (χ1) is 15.6. The third-order valence-corrected chi connectivity index (χ3v) is 5.86. The Labute approximate surface area is 193 Å². The lowest BCUT2D eigenvalue weighted by molar-refractivity contribution is -0.0498. The van der Waals surface area contributed by atoms with Crippen molar-refractivity contribution in [3.63, 3.8) is 0 Å². The number of hydrogen-bond donors (Lipinski definition) is 1. The van der Waals surface area contributed by atoms with Crippen LogP contribution in [0.25, 0.3) is 0 Å².